The number of hydrogen-bond acceptors (Lipinski definition) is 6. The summed E-state index contributed by atoms with van der Waals surface area (Å²) in [5.74, 6) is 0.746. The molecule has 3 aromatic rings. The van der Waals surface area contributed by atoms with Gasteiger partial charge in [-0.1, -0.05) is 43.0 Å². The van der Waals surface area contributed by atoms with Crippen molar-refractivity contribution in [1.29, 1.82) is 0 Å². The Bertz CT molecular complexity index is 885. The fourth-order valence-corrected chi connectivity index (χ4v) is 3.89. The van der Waals surface area contributed by atoms with Crippen molar-refractivity contribution in [2.75, 3.05) is 13.2 Å². The fourth-order valence-electron chi connectivity index (χ4n) is 2.86. The Morgan fingerprint density at radius 1 is 1.03 bits per heavy atom. The van der Waals surface area contributed by atoms with Crippen LogP contribution in [0.4, 0.5) is 0 Å². The minimum absolute atomic E-state index is 0.217. The molecule has 0 bridgehead atoms. The molecule has 3 N–H and O–H groups in total. The van der Waals surface area contributed by atoms with E-state index in [1.807, 2.05) is 6.92 Å². The average molecular weight is 433 g/mol. The summed E-state index contributed by atoms with van der Waals surface area (Å²) in [6.45, 7) is 1.58. The van der Waals surface area contributed by atoms with Gasteiger partial charge in [-0.3, -0.25) is 0 Å². The first kappa shape index (κ1) is 21.9. The quantitative estimate of drug-likeness (QED) is 0.411. The van der Waals surface area contributed by atoms with Crippen molar-refractivity contribution in [3.05, 3.63) is 66.2 Å². The summed E-state index contributed by atoms with van der Waals surface area (Å²) in [6, 6.07) is 16.5. The lowest BCUT2D eigenvalue weighted by Crippen LogP contribution is -2.47. The summed E-state index contributed by atoms with van der Waals surface area (Å²) in [5.41, 5.74) is 2.16. The molecule has 0 aliphatic heterocycles. The van der Waals surface area contributed by atoms with Gasteiger partial charge in [0.1, 0.15) is 12.0 Å². The van der Waals surface area contributed by atoms with Gasteiger partial charge in [0.15, 0.2) is 5.89 Å². The van der Waals surface area contributed by atoms with Crippen molar-refractivity contribution in [2.24, 2.45) is 0 Å². The largest absolute Gasteiger partial charge is 0.448 e. The van der Waals surface area contributed by atoms with Gasteiger partial charge >= 0.3 is 0 Å². The molecular weight excluding hydrogens is 408 g/mol. The number of benzene rings is 2. The number of hydrogen-bond donors (Lipinski definition) is 3. The third kappa shape index (κ3) is 5.62. The van der Waals surface area contributed by atoms with Gasteiger partial charge in [-0.2, -0.15) is 0 Å². The van der Waals surface area contributed by atoms with E-state index in [1.165, 1.54) is 0 Å². The maximum Gasteiger partial charge on any atom is 0.194 e. The van der Waals surface area contributed by atoms with Gasteiger partial charge in [0.25, 0.3) is 0 Å². The molecule has 3 rings (SSSR count). The summed E-state index contributed by atoms with van der Waals surface area (Å²) in [4.78, 5) is 9.25. The third-order valence-corrected chi connectivity index (χ3v) is 6.28. The molecular formula is C22H25ClN2O3S. The van der Waals surface area contributed by atoms with Crippen LogP contribution >= 0.6 is 23.5 Å². The molecule has 2 aromatic carbocycles. The lowest BCUT2D eigenvalue weighted by molar-refractivity contribution is 0.103. The van der Waals surface area contributed by atoms with E-state index in [4.69, 9.17) is 16.2 Å². The lowest BCUT2D eigenvalue weighted by Gasteiger charge is -2.27. The molecule has 0 aliphatic rings. The van der Waals surface area contributed by atoms with Crippen LogP contribution in [0.25, 0.3) is 11.3 Å². The molecule has 0 unspecified atom stereocenters. The number of aliphatic hydroxyl groups is 2. The highest BCUT2D eigenvalue weighted by molar-refractivity contribution is 7.99. The van der Waals surface area contributed by atoms with Crippen LogP contribution in [-0.4, -0.2) is 33.9 Å². The first-order valence-corrected chi connectivity index (χ1v) is 10.7. The normalized spacial score (nSPS) is 11.7. The predicted molar refractivity (Wildman–Crippen MR) is 116 cm³/mol. The zero-order valence-corrected chi connectivity index (χ0v) is 17.8. The van der Waals surface area contributed by atoms with Gasteiger partial charge < -0.3 is 14.6 Å². The van der Waals surface area contributed by atoms with E-state index in [2.05, 4.69) is 58.4 Å². The van der Waals surface area contributed by atoms with Gasteiger partial charge in [-0.05, 0) is 54.4 Å². The summed E-state index contributed by atoms with van der Waals surface area (Å²) in [6.07, 6.45) is 3.73. The van der Waals surface area contributed by atoms with Gasteiger partial charge in [0, 0.05) is 21.8 Å². The number of nitrogens with zero attached hydrogens (tertiary/aromatic N) is 1. The van der Waals surface area contributed by atoms with E-state index >= 15 is 0 Å². The monoisotopic (exact) mass is 432 g/mol. The van der Waals surface area contributed by atoms with Crippen LogP contribution in [0.5, 0.6) is 0 Å². The Morgan fingerprint density at radius 3 is 2.17 bits per heavy atom. The summed E-state index contributed by atoms with van der Waals surface area (Å²) in [5, 5.41) is 18.9. The zero-order chi connectivity index (χ0) is 20.7. The predicted octanol–water partition coefficient (Wildman–Crippen LogP) is 4.45. The Kier molecular flexibility index (Phi) is 7.75. The Morgan fingerprint density at radius 2 is 1.66 bits per heavy atom. The van der Waals surface area contributed by atoms with Crippen molar-refractivity contribution in [1.82, 2.24) is 9.82 Å². The van der Waals surface area contributed by atoms with Crippen molar-refractivity contribution >= 4 is 23.5 Å². The van der Waals surface area contributed by atoms with E-state index in [0.29, 0.717) is 12.8 Å². The summed E-state index contributed by atoms with van der Waals surface area (Å²) < 4.78 is 5.41. The molecule has 0 spiro atoms. The maximum absolute atomic E-state index is 9.45. The number of aryl methyl sites for hydroxylation is 2. The van der Waals surface area contributed by atoms with Crippen LogP contribution < -0.4 is 4.84 Å². The van der Waals surface area contributed by atoms with Crippen LogP contribution in [-0.2, 0) is 12.8 Å². The minimum Gasteiger partial charge on any atom is -0.448 e. The first-order valence-electron chi connectivity index (χ1n) is 9.52. The number of aromatic nitrogens is 1. The highest BCUT2D eigenvalue weighted by atomic mass is 35.5. The number of nitrogens with one attached hydrogen (secondary N) is 1. The van der Waals surface area contributed by atoms with Crippen LogP contribution in [0.1, 0.15) is 24.8 Å². The van der Waals surface area contributed by atoms with Gasteiger partial charge in [0.2, 0.25) is 0 Å². The summed E-state index contributed by atoms with van der Waals surface area (Å²) in [7, 11) is 0. The molecule has 0 saturated carbocycles. The minimum atomic E-state index is -0.863. The second kappa shape index (κ2) is 10.3. The molecule has 154 valence electrons. The van der Waals surface area contributed by atoms with Gasteiger partial charge in [-0.25, -0.2) is 9.82 Å². The van der Waals surface area contributed by atoms with Crippen LogP contribution in [0.2, 0.25) is 0 Å². The molecule has 7 heteroatoms. The molecule has 1 aromatic heterocycles. The van der Waals surface area contributed by atoms with E-state index in [0.717, 1.165) is 38.9 Å². The van der Waals surface area contributed by atoms with Crippen molar-refractivity contribution in [2.45, 2.75) is 41.5 Å². The summed E-state index contributed by atoms with van der Waals surface area (Å²) >= 11 is 7.37. The number of aliphatic hydroxyl groups excluding tert-OH is 2. The third-order valence-electron chi connectivity index (χ3n) is 4.86. The SMILES string of the molecule is CCc1nc(-c2ccc(Sc3ccc(CCC(CO)(CO)NCl)cc3)cc2)co1. The fraction of sp³-hybridized carbons (Fsp3) is 0.318. The van der Waals surface area contributed by atoms with E-state index in [1.54, 1.807) is 18.0 Å². The van der Waals surface area contributed by atoms with Crippen molar-refractivity contribution in [3.63, 3.8) is 0 Å². The number of halogens is 1. The van der Waals surface area contributed by atoms with Crippen molar-refractivity contribution in [3.8, 4) is 11.3 Å². The van der Waals surface area contributed by atoms with Crippen molar-refractivity contribution < 1.29 is 14.6 Å². The molecule has 29 heavy (non-hydrogen) atoms. The number of oxazole rings is 1. The first-order chi connectivity index (χ1) is 14.1. The molecule has 0 fully saturated rings. The molecule has 1 heterocycles. The van der Waals surface area contributed by atoms with E-state index < -0.39 is 5.54 Å². The molecule has 0 atom stereocenters. The lowest BCUT2D eigenvalue weighted by atomic mass is 9.94. The molecule has 5 nitrogen and oxygen atoms in total. The topological polar surface area (TPSA) is 78.5 Å². The molecule has 0 saturated heterocycles. The Labute approximate surface area is 180 Å². The van der Waals surface area contributed by atoms with Gasteiger partial charge in [0.05, 0.1) is 18.8 Å². The second-order valence-corrected chi connectivity index (χ2v) is 8.28. The molecule has 0 amide bonds. The number of rotatable bonds is 10. The van der Waals surface area contributed by atoms with Crippen LogP contribution in [0.15, 0.2) is 69.0 Å². The standard InChI is InChI=1S/C22H25ClN2O3S/c1-2-21-24-20(13-28-21)17-5-9-19(10-6-17)29-18-7-3-16(4-8-18)11-12-22(14-26,15-27)25-23/h3-10,13,25-27H,2,11-12,14-15H2,1H3. The molecule has 0 radical (unpaired) electrons. The Hall–Kier alpha value is -1.83. The van der Waals surface area contributed by atoms with Gasteiger partial charge in [-0.15, -0.1) is 0 Å². The van der Waals surface area contributed by atoms with E-state index in [-0.39, 0.29) is 13.2 Å². The zero-order valence-electron chi connectivity index (χ0n) is 16.3. The van der Waals surface area contributed by atoms with Crippen LogP contribution in [0.3, 0.4) is 0 Å². The average Bonchev–Trinajstić information content (AvgIpc) is 3.26. The molecule has 0 aliphatic carbocycles. The maximum atomic E-state index is 9.45. The Balaban J connectivity index is 1.59. The second-order valence-electron chi connectivity index (χ2n) is 6.94. The smallest absolute Gasteiger partial charge is 0.194 e. The van der Waals surface area contributed by atoms with Crippen LogP contribution in [0, 0.1) is 0 Å². The highest BCUT2D eigenvalue weighted by Gasteiger charge is 2.27. The van der Waals surface area contributed by atoms with E-state index in [9.17, 15) is 10.2 Å². The highest BCUT2D eigenvalue weighted by Crippen LogP contribution is 2.30.